The van der Waals surface area contributed by atoms with Crippen LogP contribution in [0.5, 0.6) is 5.75 Å². The topological polar surface area (TPSA) is 110 Å². The van der Waals surface area contributed by atoms with Gasteiger partial charge in [-0.05, 0) is 37.3 Å². The first kappa shape index (κ1) is 28.8. The molecule has 1 atom stereocenters. The zero-order valence-electron chi connectivity index (χ0n) is 22.3. The SMILES string of the molecule is CC(C(=O)Nc1c(OC(F)(F)F)ccc(C(N)=O)c1-c1ccc(-c2ccc(N(C)C)cc2)nc1)N1CCOCC1. The van der Waals surface area contributed by atoms with Crippen molar-refractivity contribution < 1.29 is 32.2 Å². The molecule has 0 aliphatic carbocycles. The minimum atomic E-state index is -5.05. The van der Waals surface area contributed by atoms with Gasteiger partial charge in [0, 0.05) is 61.3 Å². The van der Waals surface area contributed by atoms with Gasteiger partial charge < -0.3 is 25.4 Å². The van der Waals surface area contributed by atoms with E-state index in [4.69, 9.17) is 10.5 Å². The van der Waals surface area contributed by atoms with Gasteiger partial charge in [-0.1, -0.05) is 18.2 Å². The van der Waals surface area contributed by atoms with Crippen LogP contribution in [-0.4, -0.2) is 74.5 Å². The molecule has 1 aliphatic rings. The summed E-state index contributed by atoms with van der Waals surface area (Å²) in [4.78, 5) is 33.9. The zero-order valence-corrected chi connectivity index (χ0v) is 22.3. The molecule has 40 heavy (non-hydrogen) atoms. The Morgan fingerprint density at radius 1 is 1.05 bits per heavy atom. The Kier molecular flexibility index (Phi) is 8.60. The number of ether oxygens (including phenoxy) is 2. The third-order valence-corrected chi connectivity index (χ3v) is 6.61. The zero-order chi connectivity index (χ0) is 29.0. The molecular weight excluding hydrogens is 527 g/mol. The number of carbonyl (C=O) groups is 2. The lowest BCUT2D eigenvalue weighted by molar-refractivity contribution is -0.274. The Morgan fingerprint density at radius 3 is 2.25 bits per heavy atom. The third-order valence-electron chi connectivity index (χ3n) is 6.61. The summed E-state index contributed by atoms with van der Waals surface area (Å²) in [6.45, 7) is 3.46. The fourth-order valence-corrected chi connectivity index (χ4v) is 4.42. The second kappa shape index (κ2) is 11.9. The van der Waals surface area contributed by atoms with E-state index in [1.54, 1.807) is 19.1 Å². The van der Waals surface area contributed by atoms with Crippen molar-refractivity contribution in [2.24, 2.45) is 5.73 Å². The molecule has 2 amide bonds. The van der Waals surface area contributed by atoms with Crippen molar-refractivity contribution >= 4 is 23.2 Å². The Hall–Kier alpha value is -4.16. The van der Waals surface area contributed by atoms with Crippen LogP contribution < -0.4 is 20.7 Å². The highest BCUT2D eigenvalue weighted by molar-refractivity contribution is 6.08. The lowest BCUT2D eigenvalue weighted by Crippen LogP contribution is -2.47. The molecule has 1 aliphatic heterocycles. The lowest BCUT2D eigenvalue weighted by Gasteiger charge is -2.31. The van der Waals surface area contributed by atoms with E-state index in [1.165, 1.54) is 6.20 Å². The van der Waals surface area contributed by atoms with E-state index in [0.29, 0.717) is 32.0 Å². The molecule has 3 aromatic rings. The van der Waals surface area contributed by atoms with E-state index in [-0.39, 0.29) is 22.4 Å². The summed E-state index contributed by atoms with van der Waals surface area (Å²) in [5, 5.41) is 2.57. The van der Waals surface area contributed by atoms with Crippen LogP contribution in [0.3, 0.4) is 0 Å². The molecule has 1 aromatic heterocycles. The van der Waals surface area contributed by atoms with E-state index >= 15 is 0 Å². The quantitative estimate of drug-likeness (QED) is 0.429. The maximum Gasteiger partial charge on any atom is 0.573 e. The number of primary amides is 1. The molecule has 212 valence electrons. The van der Waals surface area contributed by atoms with Crippen LogP contribution in [0, 0.1) is 0 Å². The van der Waals surface area contributed by atoms with Gasteiger partial charge in [-0.25, -0.2) is 0 Å². The predicted octanol–water partition coefficient (Wildman–Crippen LogP) is 4.14. The molecule has 1 fully saturated rings. The molecule has 9 nitrogen and oxygen atoms in total. The molecule has 1 saturated heterocycles. The fourth-order valence-electron chi connectivity index (χ4n) is 4.42. The number of carbonyl (C=O) groups excluding carboxylic acids is 2. The van der Waals surface area contributed by atoms with Crippen LogP contribution in [0.15, 0.2) is 54.7 Å². The van der Waals surface area contributed by atoms with E-state index in [0.717, 1.165) is 23.4 Å². The van der Waals surface area contributed by atoms with Gasteiger partial charge >= 0.3 is 6.36 Å². The molecule has 0 radical (unpaired) electrons. The summed E-state index contributed by atoms with van der Waals surface area (Å²) in [6.07, 6.45) is -3.64. The van der Waals surface area contributed by atoms with Crippen LogP contribution >= 0.6 is 0 Å². The lowest BCUT2D eigenvalue weighted by atomic mass is 9.96. The second-order valence-electron chi connectivity index (χ2n) is 9.46. The van der Waals surface area contributed by atoms with E-state index in [2.05, 4.69) is 15.0 Å². The number of rotatable bonds is 8. The monoisotopic (exact) mass is 557 g/mol. The number of anilines is 2. The van der Waals surface area contributed by atoms with Crippen molar-refractivity contribution in [2.75, 3.05) is 50.6 Å². The minimum absolute atomic E-state index is 0.0289. The van der Waals surface area contributed by atoms with Crippen molar-refractivity contribution in [3.8, 4) is 28.1 Å². The first-order valence-corrected chi connectivity index (χ1v) is 12.5. The molecule has 0 spiro atoms. The maximum atomic E-state index is 13.4. The van der Waals surface area contributed by atoms with Crippen molar-refractivity contribution in [1.82, 2.24) is 9.88 Å². The molecular formula is C28H30F3N5O4. The van der Waals surface area contributed by atoms with Gasteiger partial charge in [-0.2, -0.15) is 0 Å². The van der Waals surface area contributed by atoms with Crippen molar-refractivity contribution in [1.29, 1.82) is 0 Å². The van der Waals surface area contributed by atoms with Crippen molar-refractivity contribution in [3.63, 3.8) is 0 Å². The number of pyridine rings is 1. The molecule has 3 N–H and O–H groups in total. The maximum absolute atomic E-state index is 13.4. The average molecular weight is 558 g/mol. The Labute approximate surface area is 229 Å². The summed E-state index contributed by atoms with van der Waals surface area (Å²) in [6, 6.07) is 12.3. The smallest absolute Gasteiger partial charge is 0.404 e. The standard InChI is InChI=1S/C28H30F3N5O4/c1-17(36-12-14-39-15-13-36)27(38)34-25-23(40-28(29,30)31)11-9-21(26(32)37)24(25)19-6-10-22(33-16-19)18-4-7-20(8-5-18)35(2)3/h4-11,16-17H,12-15H2,1-3H3,(H2,32,37)(H,34,38). The Bertz CT molecular complexity index is 1360. The number of nitrogens with zero attached hydrogens (tertiary/aromatic N) is 3. The number of morpholine rings is 1. The number of hydrogen-bond donors (Lipinski definition) is 2. The Balaban J connectivity index is 1.77. The molecule has 0 bridgehead atoms. The van der Waals surface area contributed by atoms with Gasteiger partial charge in [0.1, 0.15) is 0 Å². The van der Waals surface area contributed by atoms with Gasteiger partial charge in [-0.15, -0.1) is 13.2 Å². The summed E-state index contributed by atoms with van der Waals surface area (Å²) < 4.78 is 49.6. The van der Waals surface area contributed by atoms with Crippen LogP contribution in [0.25, 0.3) is 22.4 Å². The first-order valence-electron chi connectivity index (χ1n) is 12.5. The van der Waals surface area contributed by atoms with E-state index in [1.807, 2.05) is 48.2 Å². The average Bonchev–Trinajstić information content (AvgIpc) is 2.93. The molecule has 0 saturated carbocycles. The van der Waals surface area contributed by atoms with Crippen LogP contribution in [0.4, 0.5) is 24.5 Å². The number of nitrogens with one attached hydrogen (secondary N) is 1. The summed E-state index contributed by atoms with van der Waals surface area (Å²) in [5.74, 6) is -2.16. The number of alkyl halides is 3. The summed E-state index contributed by atoms with van der Waals surface area (Å²) in [5.41, 5.74) is 7.82. The number of benzene rings is 2. The highest BCUT2D eigenvalue weighted by Crippen LogP contribution is 2.41. The number of halogens is 3. The molecule has 2 heterocycles. The Morgan fingerprint density at radius 2 is 1.70 bits per heavy atom. The largest absolute Gasteiger partial charge is 0.573 e. The van der Waals surface area contributed by atoms with E-state index in [9.17, 15) is 22.8 Å². The molecule has 1 unspecified atom stereocenters. The number of hydrogen-bond acceptors (Lipinski definition) is 7. The highest BCUT2D eigenvalue weighted by Gasteiger charge is 2.34. The van der Waals surface area contributed by atoms with Gasteiger partial charge in [0.25, 0.3) is 0 Å². The van der Waals surface area contributed by atoms with Gasteiger partial charge in [0.2, 0.25) is 11.8 Å². The number of amides is 2. The predicted molar refractivity (Wildman–Crippen MR) is 145 cm³/mol. The number of nitrogens with two attached hydrogens (primary N) is 1. The van der Waals surface area contributed by atoms with E-state index < -0.39 is 30.0 Å². The van der Waals surface area contributed by atoms with Gasteiger partial charge in [0.05, 0.1) is 30.6 Å². The molecule has 2 aromatic carbocycles. The minimum Gasteiger partial charge on any atom is -0.404 e. The van der Waals surface area contributed by atoms with Crippen LogP contribution in [-0.2, 0) is 9.53 Å². The van der Waals surface area contributed by atoms with Gasteiger partial charge in [-0.3, -0.25) is 19.5 Å². The fraction of sp³-hybridized carbons (Fsp3) is 0.321. The second-order valence-corrected chi connectivity index (χ2v) is 9.46. The van der Waals surface area contributed by atoms with Crippen LogP contribution in [0.2, 0.25) is 0 Å². The van der Waals surface area contributed by atoms with Gasteiger partial charge in [0.15, 0.2) is 5.75 Å². The summed E-state index contributed by atoms with van der Waals surface area (Å²) >= 11 is 0. The van der Waals surface area contributed by atoms with Crippen molar-refractivity contribution in [3.05, 3.63) is 60.3 Å². The molecule has 4 rings (SSSR count). The summed E-state index contributed by atoms with van der Waals surface area (Å²) in [7, 11) is 3.85. The highest BCUT2D eigenvalue weighted by atomic mass is 19.4. The number of aromatic nitrogens is 1. The van der Waals surface area contributed by atoms with Crippen LogP contribution in [0.1, 0.15) is 17.3 Å². The first-order chi connectivity index (χ1) is 18.9. The van der Waals surface area contributed by atoms with Crippen molar-refractivity contribution in [2.45, 2.75) is 19.3 Å². The molecule has 12 heteroatoms. The third kappa shape index (κ3) is 6.69. The normalized spacial score (nSPS) is 14.8.